The molecule has 4 rings (SSSR count). The van der Waals surface area contributed by atoms with Crippen molar-refractivity contribution in [3.8, 4) is 0 Å². The molecule has 0 fully saturated rings. The first-order valence-corrected chi connectivity index (χ1v) is 13.4. The van der Waals surface area contributed by atoms with Gasteiger partial charge in [0.05, 0.1) is 16.9 Å². The minimum absolute atomic E-state index is 0.0702. The number of hydrogen-bond donors (Lipinski definition) is 6. The van der Waals surface area contributed by atoms with E-state index >= 15 is 0 Å². The lowest BCUT2D eigenvalue weighted by Crippen LogP contribution is -2.22. The van der Waals surface area contributed by atoms with E-state index in [1.165, 1.54) is 0 Å². The summed E-state index contributed by atoms with van der Waals surface area (Å²) in [4.78, 5) is 41.1. The molecule has 0 saturated heterocycles. The number of carbonyl (C=O) groups excluding carboxylic acids is 3. The molecule has 1 aliphatic heterocycles. The summed E-state index contributed by atoms with van der Waals surface area (Å²) in [6, 6.07) is 6.40. The van der Waals surface area contributed by atoms with Crippen LogP contribution in [0.25, 0.3) is 11.6 Å². The molecule has 0 radical (unpaired) electrons. The van der Waals surface area contributed by atoms with Gasteiger partial charge in [0, 0.05) is 47.1 Å². The Labute approximate surface area is 233 Å². The number of rotatable bonds is 9. The van der Waals surface area contributed by atoms with E-state index < -0.39 is 6.03 Å². The van der Waals surface area contributed by atoms with Crippen molar-refractivity contribution < 1.29 is 18.9 Å². The molecule has 6 N–H and O–H groups in total. The van der Waals surface area contributed by atoms with E-state index in [1.807, 2.05) is 34.6 Å². The molecule has 3 heterocycles. The van der Waals surface area contributed by atoms with Crippen LogP contribution in [0.3, 0.4) is 0 Å². The average molecular weight is 548 g/mol. The third kappa shape index (κ3) is 6.60. The van der Waals surface area contributed by atoms with Crippen molar-refractivity contribution in [2.45, 2.75) is 59.8 Å². The number of anilines is 4. The molecule has 0 unspecified atom stereocenters. The Morgan fingerprint density at radius 3 is 2.55 bits per heavy atom. The van der Waals surface area contributed by atoms with Crippen LogP contribution in [0.4, 0.5) is 27.7 Å². The van der Waals surface area contributed by atoms with E-state index in [-0.39, 0.29) is 17.2 Å². The largest absolute Gasteiger partial charge is 0.359 e. The highest BCUT2D eigenvalue weighted by Gasteiger charge is 2.26. The number of fused-ring (bicyclic) bond motifs is 1. The summed E-state index contributed by atoms with van der Waals surface area (Å²) in [5.41, 5.74) is 5.16. The zero-order chi connectivity index (χ0) is 29.0. The SMILES string of the molecule is CCCNCCC(=O)Nc1c(C)[nH]c(C=C2C(=O)Nc3cc(NC(=O)Nc4cc(C(C)(C)C)on4)ccc32)c1C. The van der Waals surface area contributed by atoms with Crippen molar-refractivity contribution in [3.63, 3.8) is 0 Å². The summed E-state index contributed by atoms with van der Waals surface area (Å²) in [5, 5.41) is 18.4. The van der Waals surface area contributed by atoms with Crippen LogP contribution >= 0.6 is 0 Å². The third-order valence-electron chi connectivity index (χ3n) is 6.54. The maximum Gasteiger partial charge on any atom is 0.324 e. The van der Waals surface area contributed by atoms with Gasteiger partial charge in [0.25, 0.3) is 5.91 Å². The number of hydrogen-bond acceptors (Lipinski definition) is 6. The molecule has 2 aromatic heterocycles. The molecule has 212 valence electrons. The highest BCUT2D eigenvalue weighted by molar-refractivity contribution is 6.35. The Balaban J connectivity index is 1.45. The summed E-state index contributed by atoms with van der Waals surface area (Å²) < 4.78 is 5.30. The number of aryl methyl sites for hydroxylation is 1. The molecule has 0 spiro atoms. The number of nitrogens with one attached hydrogen (secondary N) is 6. The fourth-order valence-electron chi connectivity index (χ4n) is 4.34. The Bertz CT molecular complexity index is 1460. The Morgan fingerprint density at radius 1 is 1.07 bits per heavy atom. The predicted molar refractivity (Wildman–Crippen MR) is 157 cm³/mol. The van der Waals surface area contributed by atoms with Crippen molar-refractivity contribution in [1.29, 1.82) is 0 Å². The summed E-state index contributed by atoms with van der Waals surface area (Å²) in [7, 11) is 0. The quantitative estimate of drug-likeness (QED) is 0.156. The molecule has 0 bridgehead atoms. The number of H-pyrrole nitrogens is 1. The molecule has 11 heteroatoms. The second-order valence-corrected chi connectivity index (χ2v) is 10.9. The number of benzene rings is 1. The number of aromatic nitrogens is 2. The fraction of sp³-hybridized carbons (Fsp3) is 0.379. The van der Waals surface area contributed by atoms with Gasteiger partial charge in [-0.1, -0.05) is 38.9 Å². The highest BCUT2D eigenvalue weighted by Crippen LogP contribution is 2.36. The van der Waals surface area contributed by atoms with E-state index in [2.05, 4.69) is 43.6 Å². The summed E-state index contributed by atoms with van der Waals surface area (Å²) in [6.45, 7) is 13.3. The normalized spacial score (nSPS) is 13.8. The maximum absolute atomic E-state index is 12.9. The highest BCUT2D eigenvalue weighted by atomic mass is 16.5. The van der Waals surface area contributed by atoms with Gasteiger partial charge >= 0.3 is 6.03 Å². The van der Waals surface area contributed by atoms with E-state index in [1.54, 1.807) is 30.3 Å². The van der Waals surface area contributed by atoms with E-state index in [0.29, 0.717) is 47.1 Å². The lowest BCUT2D eigenvalue weighted by atomic mass is 9.93. The maximum atomic E-state index is 12.9. The standard InChI is InChI=1S/C29H37N7O4/c1-7-11-30-12-10-25(37)35-26-16(2)21(31-17(26)3)14-20-19-9-8-18(13-22(19)33-27(20)38)32-28(39)34-24-15-23(40-36-24)29(4,5)6/h8-9,13-15,30-31H,7,10-12H2,1-6H3,(H,33,38)(H,35,37)(H2,32,34,36,39). The smallest absolute Gasteiger partial charge is 0.324 e. The van der Waals surface area contributed by atoms with E-state index in [9.17, 15) is 14.4 Å². The first-order valence-electron chi connectivity index (χ1n) is 13.4. The lowest BCUT2D eigenvalue weighted by Gasteiger charge is -2.12. The van der Waals surface area contributed by atoms with Gasteiger partial charge in [-0.3, -0.25) is 14.9 Å². The van der Waals surface area contributed by atoms with Crippen LogP contribution in [-0.2, 0) is 15.0 Å². The molecule has 40 heavy (non-hydrogen) atoms. The van der Waals surface area contributed by atoms with Gasteiger partial charge in [0.15, 0.2) is 5.82 Å². The van der Waals surface area contributed by atoms with E-state index in [0.717, 1.165) is 35.6 Å². The van der Waals surface area contributed by atoms with E-state index in [4.69, 9.17) is 4.52 Å². The topological polar surface area (TPSA) is 153 Å². The van der Waals surface area contributed by atoms with Gasteiger partial charge in [0.1, 0.15) is 5.76 Å². The van der Waals surface area contributed by atoms with Crippen LogP contribution in [0.1, 0.15) is 68.8 Å². The van der Waals surface area contributed by atoms with Crippen LogP contribution in [0.2, 0.25) is 0 Å². The van der Waals surface area contributed by atoms with Crippen LogP contribution in [0, 0.1) is 13.8 Å². The molecular weight excluding hydrogens is 510 g/mol. The predicted octanol–water partition coefficient (Wildman–Crippen LogP) is 5.38. The van der Waals surface area contributed by atoms with Crippen molar-refractivity contribution in [2.24, 2.45) is 0 Å². The second kappa shape index (κ2) is 11.8. The van der Waals surface area contributed by atoms with Gasteiger partial charge in [0.2, 0.25) is 5.91 Å². The van der Waals surface area contributed by atoms with Gasteiger partial charge in [-0.15, -0.1) is 0 Å². The molecule has 1 aliphatic rings. The molecule has 0 atom stereocenters. The Morgan fingerprint density at radius 2 is 1.85 bits per heavy atom. The zero-order valence-electron chi connectivity index (χ0n) is 23.8. The number of carbonyl (C=O) groups is 3. The monoisotopic (exact) mass is 547 g/mol. The van der Waals surface area contributed by atoms with Crippen molar-refractivity contribution >= 4 is 52.4 Å². The first kappa shape index (κ1) is 28.6. The van der Waals surface area contributed by atoms with Gasteiger partial charge in [-0.25, -0.2) is 4.79 Å². The summed E-state index contributed by atoms with van der Waals surface area (Å²) >= 11 is 0. The number of aromatic amines is 1. The van der Waals surface area contributed by atoms with Gasteiger partial charge in [-0.2, -0.15) is 0 Å². The second-order valence-electron chi connectivity index (χ2n) is 10.9. The molecule has 1 aromatic carbocycles. The molecular formula is C29H37N7O4. The number of amides is 4. The number of nitrogens with zero attached hydrogens (tertiary/aromatic N) is 1. The first-order chi connectivity index (χ1) is 19.0. The molecule has 4 amide bonds. The van der Waals surface area contributed by atoms with Crippen molar-refractivity contribution in [2.75, 3.05) is 34.4 Å². The lowest BCUT2D eigenvalue weighted by molar-refractivity contribution is -0.116. The van der Waals surface area contributed by atoms with Gasteiger partial charge < -0.3 is 30.8 Å². The Kier molecular flexibility index (Phi) is 8.43. The molecule has 3 aromatic rings. The summed E-state index contributed by atoms with van der Waals surface area (Å²) in [6.07, 6.45) is 3.17. The van der Waals surface area contributed by atoms with Crippen molar-refractivity contribution in [1.82, 2.24) is 15.5 Å². The third-order valence-corrected chi connectivity index (χ3v) is 6.54. The summed E-state index contributed by atoms with van der Waals surface area (Å²) in [5.74, 6) is 0.638. The molecule has 0 saturated carbocycles. The minimum atomic E-state index is -0.484. The van der Waals surface area contributed by atoms with Gasteiger partial charge in [-0.05, 0) is 50.6 Å². The average Bonchev–Trinajstić information content (AvgIpc) is 3.54. The van der Waals surface area contributed by atoms with Crippen LogP contribution in [0.5, 0.6) is 0 Å². The zero-order valence-corrected chi connectivity index (χ0v) is 23.8. The Hall–Kier alpha value is -4.38. The molecule has 0 aliphatic carbocycles. The van der Waals surface area contributed by atoms with Crippen LogP contribution < -0.4 is 26.6 Å². The fourth-order valence-corrected chi connectivity index (χ4v) is 4.34. The van der Waals surface area contributed by atoms with Crippen LogP contribution in [0.15, 0.2) is 28.8 Å². The molecule has 11 nitrogen and oxygen atoms in total. The minimum Gasteiger partial charge on any atom is -0.359 e. The number of urea groups is 1. The van der Waals surface area contributed by atoms with Crippen molar-refractivity contribution in [3.05, 3.63) is 52.5 Å². The van der Waals surface area contributed by atoms with Crippen LogP contribution in [-0.4, -0.2) is 41.1 Å².